The lowest BCUT2D eigenvalue weighted by molar-refractivity contribution is -0.136. The summed E-state index contributed by atoms with van der Waals surface area (Å²) in [4.78, 5) is 30.4. The van der Waals surface area contributed by atoms with Crippen LogP contribution in [-0.2, 0) is 11.2 Å². The second kappa shape index (κ2) is 6.81. The summed E-state index contributed by atoms with van der Waals surface area (Å²) in [5.74, 6) is -1.34. The molecule has 1 amide bonds. The van der Waals surface area contributed by atoms with Crippen LogP contribution in [0, 0.1) is 0 Å². The van der Waals surface area contributed by atoms with Gasteiger partial charge in [-0.05, 0) is 18.1 Å². The predicted octanol–water partition coefficient (Wildman–Crippen LogP) is 2.40. The fourth-order valence-electron chi connectivity index (χ4n) is 1.74. The average molecular weight is 306 g/mol. The number of nitrogens with zero attached hydrogens (tertiary/aromatic N) is 2. The molecule has 21 heavy (non-hydrogen) atoms. The number of rotatable bonds is 5. The van der Waals surface area contributed by atoms with E-state index in [1.54, 1.807) is 24.3 Å². The van der Waals surface area contributed by atoms with Crippen molar-refractivity contribution in [3.05, 3.63) is 53.1 Å². The molecule has 0 aliphatic heterocycles. The topological polar surface area (TPSA) is 92.2 Å². The molecule has 0 saturated heterocycles. The van der Waals surface area contributed by atoms with Gasteiger partial charge in [-0.25, -0.2) is 4.98 Å². The van der Waals surface area contributed by atoms with Crippen molar-refractivity contribution in [1.82, 2.24) is 9.97 Å². The van der Waals surface area contributed by atoms with Gasteiger partial charge in [0.25, 0.3) is 5.91 Å². The van der Waals surface area contributed by atoms with Crippen LogP contribution in [0.15, 0.2) is 36.7 Å². The van der Waals surface area contributed by atoms with Crippen molar-refractivity contribution in [2.24, 2.45) is 0 Å². The van der Waals surface area contributed by atoms with Crippen LogP contribution in [-0.4, -0.2) is 27.0 Å². The van der Waals surface area contributed by atoms with E-state index < -0.39 is 11.9 Å². The van der Waals surface area contributed by atoms with Gasteiger partial charge in [-0.3, -0.25) is 14.6 Å². The number of amides is 1. The number of nitrogens with one attached hydrogen (secondary N) is 1. The van der Waals surface area contributed by atoms with Crippen LogP contribution in [0.2, 0.25) is 5.15 Å². The van der Waals surface area contributed by atoms with E-state index in [1.165, 1.54) is 12.4 Å². The van der Waals surface area contributed by atoms with Crippen LogP contribution in [0.1, 0.15) is 22.5 Å². The second-order valence-corrected chi connectivity index (χ2v) is 4.62. The molecule has 1 aromatic heterocycles. The Kier molecular flexibility index (Phi) is 4.84. The normalized spacial score (nSPS) is 10.1. The molecule has 7 heteroatoms. The first-order chi connectivity index (χ1) is 10.1. The highest BCUT2D eigenvalue weighted by atomic mass is 35.5. The number of hydrogen-bond acceptors (Lipinski definition) is 4. The smallest absolute Gasteiger partial charge is 0.303 e. The van der Waals surface area contributed by atoms with Crippen molar-refractivity contribution >= 4 is 29.2 Å². The van der Waals surface area contributed by atoms with Gasteiger partial charge < -0.3 is 10.4 Å². The minimum absolute atomic E-state index is 0.0101. The third-order valence-electron chi connectivity index (χ3n) is 2.71. The van der Waals surface area contributed by atoms with Gasteiger partial charge in [0.05, 0.1) is 12.4 Å². The Balaban J connectivity index is 2.15. The fourth-order valence-corrected chi connectivity index (χ4v) is 1.89. The van der Waals surface area contributed by atoms with Gasteiger partial charge in [-0.2, -0.15) is 0 Å². The van der Waals surface area contributed by atoms with Gasteiger partial charge in [0.1, 0.15) is 10.8 Å². The first-order valence-corrected chi connectivity index (χ1v) is 6.52. The van der Waals surface area contributed by atoms with Crippen LogP contribution in [0.25, 0.3) is 0 Å². The molecule has 2 rings (SSSR count). The van der Waals surface area contributed by atoms with E-state index in [9.17, 15) is 9.59 Å². The Morgan fingerprint density at radius 1 is 1.24 bits per heavy atom. The summed E-state index contributed by atoms with van der Waals surface area (Å²) in [5, 5.41) is 11.5. The highest BCUT2D eigenvalue weighted by Gasteiger charge is 2.11. The van der Waals surface area contributed by atoms with E-state index in [1.807, 2.05) is 0 Å². The number of aromatic nitrogens is 2. The third kappa shape index (κ3) is 4.25. The molecule has 0 radical (unpaired) electrons. The van der Waals surface area contributed by atoms with Crippen molar-refractivity contribution in [3.8, 4) is 0 Å². The number of hydrogen-bond donors (Lipinski definition) is 2. The molecular formula is C14H12ClN3O3. The molecule has 0 spiro atoms. The number of carbonyl (C=O) groups is 2. The third-order valence-corrected chi connectivity index (χ3v) is 2.89. The van der Waals surface area contributed by atoms with E-state index in [0.29, 0.717) is 12.1 Å². The molecule has 0 aliphatic rings. The minimum Gasteiger partial charge on any atom is -0.481 e. The maximum atomic E-state index is 12.1. The molecule has 6 nitrogen and oxygen atoms in total. The number of halogens is 1. The average Bonchev–Trinajstić information content (AvgIpc) is 2.46. The number of carboxylic acids is 1. The van der Waals surface area contributed by atoms with Gasteiger partial charge in [0, 0.05) is 12.1 Å². The highest BCUT2D eigenvalue weighted by molar-refractivity contribution is 6.29. The van der Waals surface area contributed by atoms with Crippen LogP contribution in [0.5, 0.6) is 0 Å². The number of carboxylic acid groups (broad SMARTS) is 1. The van der Waals surface area contributed by atoms with E-state index >= 15 is 0 Å². The summed E-state index contributed by atoms with van der Waals surface area (Å²) in [6, 6.07) is 7.00. The van der Waals surface area contributed by atoms with Crippen molar-refractivity contribution in [2.45, 2.75) is 12.8 Å². The van der Waals surface area contributed by atoms with Gasteiger partial charge in [0.15, 0.2) is 0 Å². The molecule has 2 N–H and O–H groups in total. The maximum absolute atomic E-state index is 12.1. The first kappa shape index (κ1) is 14.9. The van der Waals surface area contributed by atoms with Crippen LogP contribution in [0.4, 0.5) is 5.69 Å². The summed E-state index contributed by atoms with van der Waals surface area (Å²) in [6.45, 7) is 0. The predicted molar refractivity (Wildman–Crippen MR) is 77.4 cm³/mol. The van der Waals surface area contributed by atoms with E-state index in [4.69, 9.17) is 16.7 Å². The van der Waals surface area contributed by atoms with Crippen molar-refractivity contribution in [2.75, 3.05) is 5.32 Å². The lowest BCUT2D eigenvalue weighted by Crippen LogP contribution is -2.15. The fraction of sp³-hybridized carbons (Fsp3) is 0.143. The molecule has 0 fully saturated rings. The number of para-hydroxylation sites is 1. The first-order valence-electron chi connectivity index (χ1n) is 6.15. The zero-order valence-electron chi connectivity index (χ0n) is 10.9. The quantitative estimate of drug-likeness (QED) is 0.885. The summed E-state index contributed by atoms with van der Waals surface area (Å²) >= 11 is 5.69. The Labute approximate surface area is 125 Å². The SMILES string of the molecule is O=C(O)CCc1ccccc1NC(=O)c1cncc(Cl)n1. The maximum Gasteiger partial charge on any atom is 0.303 e. The number of aliphatic carboxylic acids is 1. The summed E-state index contributed by atoms with van der Waals surface area (Å²) in [5.41, 5.74) is 1.38. The number of carbonyl (C=O) groups excluding carboxylic acids is 1. The Morgan fingerprint density at radius 3 is 2.71 bits per heavy atom. The molecule has 108 valence electrons. The Hall–Kier alpha value is -2.47. The molecule has 0 atom stereocenters. The van der Waals surface area contributed by atoms with Crippen molar-refractivity contribution in [3.63, 3.8) is 0 Å². The lowest BCUT2D eigenvalue weighted by atomic mass is 10.1. The van der Waals surface area contributed by atoms with Crippen LogP contribution in [0.3, 0.4) is 0 Å². The number of anilines is 1. The molecule has 1 aromatic carbocycles. The van der Waals surface area contributed by atoms with Gasteiger partial charge in [-0.1, -0.05) is 29.8 Å². The Morgan fingerprint density at radius 2 is 2.00 bits per heavy atom. The largest absolute Gasteiger partial charge is 0.481 e. The number of aryl methyl sites for hydroxylation is 1. The van der Waals surface area contributed by atoms with Crippen LogP contribution < -0.4 is 5.32 Å². The molecule has 0 saturated carbocycles. The molecule has 1 heterocycles. The number of benzene rings is 1. The monoisotopic (exact) mass is 305 g/mol. The summed E-state index contributed by atoms with van der Waals surface area (Å²) in [7, 11) is 0. The zero-order chi connectivity index (χ0) is 15.2. The van der Waals surface area contributed by atoms with E-state index in [2.05, 4.69) is 15.3 Å². The molecule has 0 bridgehead atoms. The summed E-state index contributed by atoms with van der Waals surface area (Å²) in [6.07, 6.45) is 2.96. The van der Waals surface area contributed by atoms with Gasteiger partial charge in [-0.15, -0.1) is 0 Å². The highest BCUT2D eigenvalue weighted by Crippen LogP contribution is 2.18. The van der Waals surface area contributed by atoms with Gasteiger partial charge in [0.2, 0.25) is 0 Å². The molecular weight excluding hydrogens is 294 g/mol. The van der Waals surface area contributed by atoms with E-state index in [-0.39, 0.29) is 17.3 Å². The van der Waals surface area contributed by atoms with Gasteiger partial charge >= 0.3 is 5.97 Å². The van der Waals surface area contributed by atoms with Crippen molar-refractivity contribution in [1.29, 1.82) is 0 Å². The minimum atomic E-state index is -0.892. The molecule has 2 aromatic rings. The summed E-state index contributed by atoms with van der Waals surface area (Å²) < 4.78 is 0. The Bertz CT molecular complexity index is 676. The lowest BCUT2D eigenvalue weighted by Gasteiger charge is -2.10. The zero-order valence-corrected chi connectivity index (χ0v) is 11.7. The molecule has 0 unspecified atom stereocenters. The van der Waals surface area contributed by atoms with E-state index in [0.717, 1.165) is 5.56 Å². The van der Waals surface area contributed by atoms with Crippen LogP contribution >= 0.6 is 11.6 Å². The molecule has 0 aliphatic carbocycles. The van der Waals surface area contributed by atoms with Crippen molar-refractivity contribution < 1.29 is 14.7 Å². The standard InChI is InChI=1S/C14H12ClN3O3/c15-12-8-16-7-11(17-12)14(21)18-10-4-2-1-3-9(10)5-6-13(19)20/h1-4,7-8H,5-6H2,(H,18,21)(H,19,20). The second-order valence-electron chi connectivity index (χ2n) is 4.23.